The molecule has 11 nitrogen and oxygen atoms in total. The van der Waals surface area contributed by atoms with Gasteiger partial charge < -0.3 is 34.3 Å². The first-order chi connectivity index (χ1) is 17.1. The van der Waals surface area contributed by atoms with Crippen molar-refractivity contribution in [3.63, 3.8) is 0 Å². The van der Waals surface area contributed by atoms with E-state index < -0.39 is 0 Å². The summed E-state index contributed by atoms with van der Waals surface area (Å²) in [5.74, 6) is 2.68. The summed E-state index contributed by atoms with van der Waals surface area (Å²) >= 11 is 5.54. The largest absolute Gasteiger partial charge is 0.497 e. The average Bonchev–Trinajstić information content (AvgIpc) is 3.61. The molecule has 2 fully saturated rings. The highest BCUT2D eigenvalue weighted by molar-refractivity contribution is 7.80. The minimum absolute atomic E-state index is 0.130. The second kappa shape index (κ2) is 10.0. The van der Waals surface area contributed by atoms with Gasteiger partial charge in [-0.25, -0.2) is 4.68 Å². The number of ether oxygens (including phenoxy) is 5. The van der Waals surface area contributed by atoms with Crippen molar-refractivity contribution in [3.05, 3.63) is 42.5 Å². The van der Waals surface area contributed by atoms with E-state index in [9.17, 15) is 0 Å². The number of hydrogen-bond acceptors (Lipinski definition) is 9. The molecule has 1 aromatic heterocycles. The SMILES string of the molecule is COc1cc(NC(=S)N[C@H]2CO[C@H]3[C@@H]2OC[C@@H]3n2nnnc2-c2cccc(OC)c2)cc(OC)c1. The topological polar surface area (TPSA) is 114 Å². The number of aromatic nitrogens is 4. The van der Waals surface area contributed by atoms with E-state index in [2.05, 4.69) is 26.2 Å². The molecule has 2 aliphatic heterocycles. The average molecular weight is 499 g/mol. The molecule has 2 saturated heterocycles. The number of anilines is 1. The summed E-state index contributed by atoms with van der Waals surface area (Å²) in [4.78, 5) is 0. The molecular formula is C23H26N6O5S. The Morgan fingerprint density at radius 1 is 0.971 bits per heavy atom. The van der Waals surface area contributed by atoms with Crippen molar-refractivity contribution < 1.29 is 23.7 Å². The molecule has 2 aliphatic rings. The van der Waals surface area contributed by atoms with Crippen molar-refractivity contribution >= 4 is 23.0 Å². The third-order valence-electron chi connectivity index (χ3n) is 6.09. The van der Waals surface area contributed by atoms with E-state index in [0.717, 1.165) is 17.0 Å². The fraction of sp³-hybridized carbons (Fsp3) is 0.391. The Morgan fingerprint density at radius 2 is 1.71 bits per heavy atom. The van der Waals surface area contributed by atoms with E-state index in [4.69, 9.17) is 35.9 Å². The molecule has 0 saturated carbocycles. The smallest absolute Gasteiger partial charge is 0.182 e. The molecule has 0 bridgehead atoms. The highest BCUT2D eigenvalue weighted by atomic mass is 32.1. The molecule has 2 aromatic carbocycles. The van der Waals surface area contributed by atoms with E-state index in [1.54, 1.807) is 32.1 Å². The van der Waals surface area contributed by atoms with Gasteiger partial charge in [0.05, 0.1) is 40.6 Å². The summed E-state index contributed by atoms with van der Waals surface area (Å²) in [5.41, 5.74) is 1.60. The summed E-state index contributed by atoms with van der Waals surface area (Å²) in [7, 11) is 4.83. The summed E-state index contributed by atoms with van der Waals surface area (Å²) in [5, 5.41) is 19.3. The predicted molar refractivity (Wildman–Crippen MR) is 131 cm³/mol. The highest BCUT2D eigenvalue weighted by Gasteiger charge is 2.49. The number of fused-ring (bicyclic) bond motifs is 1. The normalized spacial score (nSPS) is 22.9. The maximum absolute atomic E-state index is 6.13. The number of tetrazole rings is 1. The van der Waals surface area contributed by atoms with Gasteiger partial charge in [0.25, 0.3) is 0 Å². The zero-order valence-corrected chi connectivity index (χ0v) is 20.3. The van der Waals surface area contributed by atoms with E-state index in [1.165, 1.54) is 0 Å². The summed E-state index contributed by atoms with van der Waals surface area (Å²) in [6.07, 6.45) is -0.429. The maximum atomic E-state index is 6.13. The van der Waals surface area contributed by atoms with Gasteiger partial charge in [0, 0.05) is 29.4 Å². The van der Waals surface area contributed by atoms with Crippen LogP contribution in [0.3, 0.4) is 0 Å². The van der Waals surface area contributed by atoms with Crippen LogP contribution in [-0.2, 0) is 9.47 Å². The highest BCUT2D eigenvalue weighted by Crippen LogP contribution is 2.36. The Morgan fingerprint density at radius 3 is 2.46 bits per heavy atom. The van der Waals surface area contributed by atoms with Crippen LogP contribution in [0.2, 0.25) is 0 Å². The van der Waals surface area contributed by atoms with E-state index >= 15 is 0 Å². The zero-order valence-electron chi connectivity index (χ0n) is 19.5. The number of benzene rings is 2. The number of nitrogens with zero attached hydrogens (tertiary/aromatic N) is 4. The monoisotopic (exact) mass is 498 g/mol. The Bertz CT molecular complexity index is 1180. The fourth-order valence-corrected chi connectivity index (χ4v) is 4.67. The molecule has 0 unspecified atom stereocenters. The molecule has 184 valence electrons. The van der Waals surface area contributed by atoms with Crippen LogP contribution in [0, 0.1) is 0 Å². The van der Waals surface area contributed by atoms with Gasteiger partial charge in [0.15, 0.2) is 10.9 Å². The van der Waals surface area contributed by atoms with Crippen molar-refractivity contribution in [1.29, 1.82) is 0 Å². The number of rotatable bonds is 7. The second-order valence-corrected chi connectivity index (χ2v) is 8.56. The van der Waals surface area contributed by atoms with Crippen LogP contribution in [0.25, 0.3) is 11.4 Å². The molecule has 0 spiro atoms. The van der Waals surface area contributed by atoms with Crippen LogP contribution in [0.5, 0.6) is 17.2 Å². The van der Waals surface area contributed by atoms with Gasteiger partial charge in [-0.1, -0.05) is 12.1 Å². The van der Waals surface area contributed by atoms with E-state index in [-0.39, 0.29) is 24.3 Å². The first-order valence-electron chi connectivity index (χ1n) is 11.1. The van der Waals surface area contributed by atoms with Crippen molar-refractivity contribution in [2.75, 3.05) is 39.9 Å². The Labute approximate surface area is 207 Å². The third kappa shape index (κ3) is 4.72. The molecule has 0 amide bonds. The Kier molecular flexibility index (Phi) is 6.66. The lowest BCUT2D eigenvalue weighted by atomic mass is 10.1. The van der Waals surface area contributed by atoms with Crippen molar-refractivity contribution in [2.45, 2.75) is 24.3 Å². The minimum Gasteiger partial charge on any atom is -0.497 e. The van der Waals surface area contributed by atoms with Gasteiger partial charge in [-0.2, -0.15) is 0 Å². The zero-order chi connectivity index (χ0) is 24.4. The van der Waals surface area contributed by atoms with Gasteiger partial charge in [0.2, 0.25) is 0 Å². The first kappa shape index (κ1) is 23.3. The lowest BCUT2D eigenvalue weighted by molar-refractivity contribution is 0.0626. The van der Waals surface area contributed by atoms with Crippen LogP contribution < -0.4 is 24.8 Å². The van der Waals surface area contributed by atoms with Crippen LogP contribution in [-0.4, -0.2) is 78.1 Å². The maximum Gasteiger partial charge on any atom is 0.182 e. The van der Waals surface area contributed by atoms with E-state index in [1.807, 2.05) is 36.4 Å². The van der Waals surface area contributed by atoms with Crippen molar-refractivity contribution in [1.82, 2.24) is 25.5 Å². The van der Waals surface area contributed by atoms with E-state index in [0.29, 0.717) is 35.6 Å². The fourth-order valence-electron chi connectivity index (χ4n) is 4.40. The van der Waals surface area contributed by atoms with Gasteiger partial charge in [-0.05, 0) is 34.8 Å². The van der Waals surface area contributed by atoms with Gasteiger partial charge >= 0.3 is 0 Å². The number of hydrogen-bond donors (Lipinski definition) is 2. The molecule has 5 rings (SSSR count). The Balaban J connectivity index is 1.26. The quantitative estimate of drug-likeness (QED) is 0.467. The van der Waals surface area contributed by atoms with Gasteiger partial charge in [0.1, 0.15) is 35.5 Å². The van der Waals surface area contributed by atoms with Gasteiger partial charge in [-0.15, -0.1) is 5.10 Å². The molecule has 12 heteroatoms. The summed E-state index contributed by atoms with van der Waals surface area (Å²) in [6, 6.07) is 12.8. The molecule has 3 aromatic rings. The first-order valence-corrected chi connectivity index (χ1v) is 11.5. The number of nitrogens with one attached hydrogen (secondary N) is 2. The van der Waals surface area contributed by atoms with Crippen molar-refractivity contribution in [2.24, 2.45) is 0 Å². The Hall–Kier alpha value is -3.48. The molecule has 3 heterocycles. The van der Waals surface area contributed by atoms with Crippen LogP contribution in [0.4, 0.5) is 5.69 Å². The van der Waals surface area contributed by atoms with Crippen LogP contribution in [0.15, 0.2) is 42.5 Å². The molecule has 0 radical (unpaired) electrons. The second-order valence-electron chi connectivity index (χ2n) is 8.15. The standard InChI is InChI=1S/C23H26N6O5S/c1-30-15-6-4-5-13(7-15)22-26-27-28-29(22)19-12-34-20-18(11-33-21(19)20)25-23(35)24-14-8-16(31-2)10-17(9-14)32-3/h4-10,18-21H,11-12H2,1-3H3,(H2,24,25,35)/t18-,19-,20+,21+/m0/s1. The molecule has 2 N–H and O–H groups in total. The molecular weight excluding hydrogens is 472 g/mol. The summed E-state index contributed by atoms with van der Waals surface area (Å²) < 4.78 is 30.0. The van der Waals surface area contributed by atoms with Crippen LogP contribution in [0.1, 0.15) is 6.04 Å². The minimum atomic E-state index is -0.222. The third-order valence-corrected chi connectivity index (χ3v) is 6.31. The lowest BCUT2D eigenvalue weighted by Gasteiger charge is -2.20. The van der Waals surface area contributed by atoms with Crippen LogP contribution >= 0.6 is 12.2 Å². The molecule has 4 atom stereocenters. The predicted octanol–water partition coefficient (Wildman–Crippen LogP) is 2.06. The van der Waals surface area contributed by atoms with Gasteiger partial charge in [-0.3, -0.25) is 0 Å². The van der Waals surface area contributed by atoms with Crippen molar-refractivity contribution in [3.8, 4) is 28.6 Å². The number of thiocarbonyl (C=S) groups is 1. The lowest BCUT2D eigenvalue weighted by Crippen LogP contribution is -2.45. The molecule has 35 heavy (non-hydrogen) atoms. The molecule has 0 aliphatic carbocycles. The number of methoxy groups -OCH3 is 3. The summed E-state index contributed by atoms with van der Waals surface area (Å²) in [6.45, 7) is 0.856.